The number of hydroxylamine groups is 2. The Hall–Kier alpha value is -3.12. The van der Waals surface area contributed by atoms with E-state index in [-0.39, 0.29) is 40.2 Å². The van der Waals surface area contributed by atoms with E-state index in [0.717, 1.165) is 0 Å². The number of hydrogen-bond acceptors (Lipinski definition) is 11. The highest BCUT2D eigenvalue weighted by Crippen LogP contribution is 2.33. The van der Waals surface area contributed by atoms with E-state index in [2.05, 4.69) is 9.97 Å². The van der Waals surface area contributed by atoms with Gasteiger partial charge in [-0.1, -0.05) is 6.92 Å². The number of rotatable bonds is 8. The van der Waals surface area contributed by atoms with E-state index in [0.29, 0.717) is 37.4 Å². The number of sulfone groups is 1. The lowest BCUT2D eigenvalue weighted by molar-refractivity contribution is -0.151. The Morgan fingerprint density at radius 3 is 2.50 bits per heavy atom. The molecule has 34 heavy (non-hydrogen) atoms. The van der Waals surface area contributed by atoms with Crippen LogP contribution in [0.4, 0.5) is 10.5 Å². The number of benzene rings is 1. The van der Waals surface area contributed by atoms with Gasteiger partial charge >= 0.3 is 6.16 Å². The number of aromatic nitrogens is 2. The van der Waals surface area contributed by atoms with Gasteiger partial charge in [0.1, 0.15) is 12.4 Å². The predicted octanol–water partition coefficient (Wildman–Crippen LogP) is 3.27. The zero-order valence-corrected chi connectivity index (χ0v) is 20.5. The Kier molecular flexibility index (Phi) is 8.15. The summed E-state index contributed by atoms with van der Waals surface area (Å²) in [5, 5.41) is 1.55. The second-order valence-electron chi connectivity index (χ2n) is 8.07. The fraction of sp³-hybridized carbons (Fsp3) is 0.500. The second kappa shape index (κ2) is 10.9. The van der Waals surface area contributed by atoms with Gasteiger partial charge in [0.15, 0.2) is 15.6 Å². The van der Waals surface area contributed by atoms with E-state index >= 15 is 0 Å². The lowest BCUT2D eigenvalue weighted by Crippen LogP contribution is -2.40. The van der Waals surface area contributed by atoms with Crippen LogP contribution in [0, 0.1) is 6.92 Å². The van der Waals surface area contributed by atoms with Gasteiger partial charge in [0, 0.05) is 25.9 Å². The summed E-state index contributed by atoms with van der Waals surface area (Å²) in [6, 6.07) is 4.32. The number of anilines is 1. The molecule has 2 aromatic rings. The number of carbonyl (C=O) groups is 1. The highest BCUT2D eigenvalue weighted by Gasteiger charge is 2.25. The summed E-state index contributed by atoms with van der Waals surface area (Å²) in [4.78, 5) is 25.3. The number of piperidine rings is 1. The summed E-state index contributed by atoms with van der Waals surface area (Å²) in [6.45, 7) is 7.83. The van der Waals surface area contributed by atoms with Gasteiger partial charge in [-0.25, -0.2) is 23.2 Å². The number of ether oxygens (including phenoxy) is 3. The van der Waals surface area contributed by atoms with Crippen molar-refractivity contribution in [1.29, 1.82) is 0 Å². The largest absolute Gasteiger partial charge is 0.528 e. The Labute approximate surface area is 199 Å². The Bertz CT molecular complexity index is 1120. The van der Waals surface area contributed by atoms with Crippen molar-refractivity contribution in [3.05, 3.63) is 30.1 Å². The quantitative estimate of drug-likeness (QED) is 0.426. The van der Waals surface area contributed by atoms with Gasteiger partial charge in [-0.15, -0.1) is 5.06 Å². The van der Waals surface area contributed by atoms with E-state index in [4.69, 9.17) is 24.8 Å². The molecule has 1 aliphatic heterocycles. The van der Waals surface area contributed by atoms with Crippen LogP contribution in [0.5, 0.6) is 17.5 Å². The molecule has 1 aromatic carbocycles. The van der Waals surface area contributed by atoms with Gasteiger partial charge in [-0.2, -0.15) is 0 Å². The molecule has 11 nitrogen and oxygen atoms in total. The summed E-state index contributed by atoms with van der Waals surface area (Å²) in [5.41, 5.74) is 6.77. The standard InChI is InChI=1S/C22H30N4O7S/c1-5-34(28,29)17-6-7-19(18(23)12-17)32-21-15(4)20(24-13-25-21)31-16-8-10-26(11-9-16)33-22(27)30-14(2)3/h6-7,12-14,16H,5,8-11,23H2,1-4H3. The maximum absolute atomic E-state index is 12.1. The number of nitrogens with zero attached hydrogens (tertiary/aromatic N) is 3. The summed E-state index contributed by atoms with van der Waals surface area (Å²) >= 11 is 0. The zero-order chi connectivity index (χ0) is 24.9. The number of nitrogens with two attached hydrogens (primary N) is 1. The van der Waals surface area contributed by atoms with Crippen LogP contribution in [0.15, 0.2) is 29.4 Å². The molecular formula is C22H30N4O7S. The highest BCUT2D eigenvalue weighted by molar-refractivity contribution is 7.91. The lowest BCUT2D eigenvalue weighted by atomic mass is 10.1. The van der Waals surface area contributed by atoms with Crippen LogP contribution < -0.4 is 15.2 Å². The maximum atomic E-state index is 12.1. The Balaban J connectivity index is 1.62. The minimum absolute atomic E-state index is 0.0224. The molecule has 3 rings (SSSR count). The molecule has 0 aliphatic carbocycles. The van der Waals surface area contributed by atoms with Gasteiger partial charge in [0.2, 0.25) is 11.8 Å². The molecular weight excluding hydrogens is 464 g/mol. The molecule has 2 N–H and O–H groups in total. The maximum Gasteiger partial charge on any atom is 0.528 e. The first-order chi connectivity index (χ1) is 16.1. The average Bonchev–Trinajstić information content (AvgIpc) is 2.78. The predicted molar refractivity (Wildman–Crippen MR) is 123 cm³/mol. The molecule has 1 saturated heterocycles. The van der Waals surface area contributed by atoms with Crippen molar-refractivity contribution in [2.45, 2.75) is 57.6 Å². The SMILES string of the molecule is CCS(=O)(=O)c1ccc(Oc2ncnc(OC3CCN(OC(=O)OC(C)C)CC3)c2C)c(N)c1. The highest BCUT2D eigenvalue weighted by atomic mass is 32.2. The first-order valence-corrected chi connectivity index (χ1v) is 12.7. The van der Waals surface area contributed by atoms with E-state index in [1.807, 2.05) is 0 Å². The molecule has 0 radical (unpaired) electrons. The molecule has 2 heterocycles. The molecule has 0 unspecified atom stereocenters. The lowest BCUT2D eigenvalue weighted by Gasteiger charge is -2.30. The van der Waals surface area contributed by atoms with Gasteiger partial charge in [0.25, 0.3) is 0 Å². The normalized spacial score (nSPS) is 15.2. The molecule has 1 aliphatic rings. The van der Waals surface area contributed by atoms with Crippen molar-refractivity contribution >= 4 is 21.7 Å². The molecule has 0 saturated carbocycles. The molecule has 1 aromatic heterocycles. The summed E-state index contributed by atoms with van der Waals surface area (Å²) in [5.74, 6) is 0.875. The van der Waals surface area contributed by atoms with Crippen LogP contribution in [0.2, 0.25) is 0 Å². The fourth-order valence-electron chi connectivity index (χ4n) is 3.24. The number of nitrogen functional groups attached to an aromatic ring is 1. The van der Waals surface area contributed by atoms with Gasteiger partial charge < -0.3 is 24.8 Å². The summed E-state index contributed by atoms with van der Waals surface area (Å²) in [7, 11) is -3.38. The van der Waals surface area contributed by atoms with Crippen molar-refractivity contribution < 1.29 is 32.3 Å². The van der Waals surface area contributed by atoms with Crippen LogP contribution in [-0.4, -0.2) is 60.7 Å². The third-order valence-corrected chi connectivity index (χ3v) is 6.87. The van der Waals surface area contributed by atoms with Crippen LogP contribution in [0.3, 0.4) is 0 Å². The molecule has 186 valence electrons. The monoisotopic (exact) mass is 494 g/mol. The zero-order valence-electron chi connectivity index (χ0n) is 19.7. The molecule has 0 amide bonds. The third kappa shape index (κ3) is 6.48. The van der Waals surface area contributed by atoms with Crippen molar-refractivity contribution in [3.8, 4) is 17.5 Å². The molecule has 0 atom stereocenters. The Morgan fingerprint density at radius 2 is 1.88 bits per heavy atom. The average molecular weight is 495 g/mol. The third-order valence-electron chi connectivity index (χ3n) is 5.13. The molecule has 0 bridgehead atoms. The minimum atomic E-state index is -3.38. The molecule has 0 spiro atoms. The van der Waals surface area contributed by atoms with Crippen LogP contribution in [-0.2, 0) is 19.4 Å². The Morgan fingerprint density at radius 1 is 1.21 bits per heavy atom. The van der Waals surface area contributed by atoms with Crippen molar-refractivity contribution in [1.82, 2.24) is 15.0 Å². The number of hydrogen-bond donors (Lipinski definition) is 1. The van der Waals surface area contributed by atoms with E-state index in [9.17, 15) is 13.2 Å². The molecule has 1 fully saturated rings. The summed E-state index contributed by atoms with van der Waals surface area (Å²) < 4.78 is 41.0. The van der Waals surface area contributed by atoms with Crippen LogP contribution >= 0.6 is 0 Å². The van der Waals surface area contributed by atoms with Gasteiger partial charge in [-0.3, -0.25) is 0 Å². The molecule has 12 heteroatoms. The second-order valence-corrected chi connectivity index (χ2v) is 10.3. The van der Waals surface area contributed by atoms with Gasteiger partial charge in [-0.05, 0) is 39.0 Å². The van der Waals surface area contributed by atoms with Crippen molar-refractivity contribution in [3.63, 3.8) is 0 Å². The fourth-order valence-corrected chi connectivity index (χ4v) is 4.16. The van der Waals surface area contributed by atoms with E-state index in [1.165, 1.54) is 24.5 Å². The van der Waals surface area contributed by atoms with Crippen molar-refractivity contribution in [2.75, 3.05) is 24.6 Å². The number of carbonyl (C=O) groups excluding carboxylic acids is 1. The first kappa shape index (κ1) is 25.5. The van der Waals surface area contributed by atoms with E-state index in [1.54, 1.807) is 32.8 Å². The van der Waals surface area contributed by atoms with Crippen molar-refractivity contribution in [2.24, 2.45) is 0 Å². The topological polar surface area (TPSA) is 143 Å². The summed E-state index contributed by atoms with van der Waals surface area (Å²) in [6.07, 6.45) is 1.46. The van der Waals surface area contributed by atoms with E-state index < -0.39 is 16.0 Å². The minimum Gasteiger partial charge on any atom is -0.474 e. The first-order valence-electron chi connectivity index (χ1n) is 11.0. The van der Waals surface area contributed by atoms with Gasteiger partial charge in [0.05, 0.1) is 28.0 Å². The van der Waals surface area contributed by atoms with Crippen LogP contribution in [0.1, 0.15) is 39.2 Å². The smallest absolute Gasteiger partial charge is 0.474 e. The van der Waals surface area contributed by atoms with Crippen LogP contribution in [0.25, 0.3) is 0 Å².